The molecular formula is C13H23N5O. The van der Waals surface area contributed by atoms with Crippen molar-refractivity contribution >= 4 is 5.96 Å². The van der Waals surface area contributed by atoms with E-state index in [0.717, 1.165) is 12.1 Å². The minimum atomic E-state index is -1.04. The van der Waals surface area contributed by atoms with E-state index in [1.165, 1.54) is 0 Å². The lowest BCUT2D eigenvalue weighted by Crippen LogP contribution is -2.38. The first-order valence-corrected chi connectivity index (χ1v) is 6.34. The van der Waals surface area contributed by atoms with E-state index < -0.39 is 5.60 Å². The number of aryl methyl sites for hydroxylation is 1. The van der Waals surface area contributed by atoms with Gasteiger partial charge in [-0.1, -0.05) is 6.08 Å². The average molecular weight is 265 g/mol. The maximum Gasteiger partial charge on any atom is 0.191 e. The van der Waals surface area contributed by atoms with Gasteiger partial charge in [0, 0.05) is 31.9 Å². The Bertz CT molecular complexity index is 436. The van der Waals surface area contributed by atoms with Crippen LogP contribution >= 0.6 is 0 Å². The minimum absolute atomic E-state index is 0.255. The largest absolute Gasteiger partial charge is 0.383 e. The highest BCUT2D eigenvalue weighted by molar-refractivity contribution is 5.79. The molecule has 0 aliphatic heterocycles. The number of aromatic nitrogens is 2. The Labute approximate surface area is 114 Å². The van der Waals surface area contributed by atoms with E-state index in [0.29, 0.717) is 12.5 Å². The van der Waals surface area contributed by atoms with E-state index in [2.05, 4.69) is 27.3 Å². The van der Waals surface area contributed by atoms with Gasteiger partial charge in [0.1, 0.15) is 5.60 Å². The average Bonchev–Trinajstić information content (AvgIpc) is 2.80. The van der Waals surface area contributed by atoms with Crippen LogP contribution in [0.25, 0.3) is 0 Å². The molecule has 0 aliphatic carbocycles. The molecule has 1 heterocycles. The Hall–Kier alpha value is -1.82. The third-order valence-corrected chi connectivity index (χ3v) is 2.63. The SMILES string of the molecule is C=CCNC(=NCC(C)(O)c1cnn(C)c1)NCC. The maximum absolute atomic E-state index is 10.4. The number of aliphatic hydroxyl groups is 1. The Balaban J connectivity index is 2.71. The van der Waals surface area contributed by atoms with Gasteiger partial charge in [0.15, 0.2) is 5.96 Å². The van der Waals surface area contributed by atoms with Crippen molar-refractivity contribution in [1.82, 2.24) is 20.4 Å². The lowest BCUT2D eigenvalue weighted by molar-refractivity contribution is 0.0672. The summed E-state index contributed by atoms with van der Waals surface area (Å²) in [4.78, 5) is 4.37. The molecule has 0 spiro atoms. The number of nitrogens with zero attached hydrogens (tertiary/aromatic N) is 3. The number of hydrogen-bond donors (Lipinski definition) is 3. The van der Waals surface area contributed by atoms with Gasteiger partial charge in [0.2, 0.25) is 0 Å². The summed E-state index contributed by atoms with van der Waals surface area (Å²) in [5, 5.41) is 20.7. The monoisotopic (exact) mass is 265 g/mol. The third kappa shape index (κ3) is 4.75. The van der Waals surface area contributed by atoms with Crippen LogP contribution in [0.4, 0.5) is 0 Å². The first-order valence-electron chi connectivity index (χ1n) is 6.34. The Kier molecular flexibility index (Phi) is 5.57. The van der Waals surface area contributed by atoms with Gasteiger partial charge in [-0.15, -0.1) is 6.58 Å². The van der Waals surface area contributed by atoms with E-state index in [4.69, 9.17) is 0 Å². The molecule has 106 valence electrons. The number of nitrogens with one attached hydrogen (secondary N) is 2. The van der Waals surface area contributed by atoms with Gasteiger partial charge < -0.3 is 15.7 Å². The highest BCUT2D eigenvalue weighted by atomic mass is 16.3. The summed E-state index contributed by atoms with van der Waals surface area (Å²) in [5.41, 5.74) is -0.288. The Morgan fingerprint density at radius 1 is 1.63 bits per heavy atom. The van der Waals surface area contributed by atoms with Gasteiger partial charge in [-0.25, -0.2) is 4.99 Å². The summed E-state index contributed by atoms with van der Waals surface area (Å²) in [7, 11) is 1.82. The third-order valence-electron chi connectivity index (χ3n) is 2.63. The van der Waals surface area contributed by atoms with Crippen molar-refractivity contribution in [1.29, 1.82) is 0 Å². The topological polar surface area (TPSA) is 74.5 Å². The smallest absolute Gasteiger partial charge is 0.191 e. The molecule has 1 aromatic heterocycles. The molecule has 0 aromatic carbocycles. The second-order valence-corrected chi connectivity index (χ2v) is 4.54. The summed E-state index contributed by atoms with van der Waals surface area (Å²) in [6.07, 6.45) is 5.20. The van der Waals surface area contributed by atoms with Crippen LogP contribution in [0.15, 0.2) is 30.0 Å². The summed E-state index contributed by atoms with van der Waals surface area (Å²) < 4.78 is 1.66. The van der Waals surface area contributed by atoms with Gasteiger partial charge in [0.05, 0.1) is 12.7 Å². The second kappa shape index (κ2) is 6.94. The molecule has 1 aromatic rings. The predicted octanol–water partition coefficient (Wildman–Crippen LogP) is 0.369. The van der Waals surface area contributed by atoms with Crippen LogP contribution < -0.4 is 10.6 Å². The van der Waals surface area contributed by atoms with Crippen LogP contribution in [-0.4, -0.2) is 40.5 Å². The predicted molar refractivity (Wildman–Crippen MR) is 77.0 cm³/mol. The van der Waals surface area contributed by atoms with Crippen molar-refractivity contribution in [3.05, 3.63) is 30.6 Å². The molecule has 0 amide bonds. The maximum atomic E-state index is 10.4. The molecule has 0 radical (unpaired) electrons. The zero-order valence-corrected chi connectivity index (χ0v) is 11.8. The molecule has 1 rings (SSSR count). The molecular weight excluding hydrogens is 242 g/mol. The van der Waals surface area contributed by atoms with Crippen molar-refractivity contribution in [2.24, 2.45) is 12.0 Å². The zero-order chi connectivity index (χ0) is 14.3. The van der Waals surface area contributed by atoms with Gasteiger partial charge in [-0.3, -0.25) is 4.68 Å². The highest BCUT2D eigenvalue weighted by Gasteiger charge is 2.24. The van der Waals surface area contributed by atoms with E-state index >= 15 is 0 Å². The molecule has 0 saturated carbocycles. The quantitative estimate of drug-likeness (QED) is 0.395. The number of rotatable bonds is 6. The number of hydrogen-bond acceptors (Lipinski definition) is 3. The molecule has 6 heteroatoms. The summed E-state index contributed by atoms with van der Waals surface area (Å²) in [6.45, 7) is 9.01. The highest BCUT2D eigenvalue weighted by Crippen LogP contribution is 2.19. The first kappa shape index (κ1) is 15.2. The van der Waals surface area contributed by atoms with E-state index in [9.17, 15) is 5.11 Å². The second-order valence-electron chi connectivity index (χ2n) is 4.54. The fourth-order valence-electron chi connectivity index (χ4n) is 1.53. The molecule has 19 heavy (non-hydrogen) atoms. The number of guanidine groups is 1. The van der Waals surface area contributed by atoms with Gasteiger partial charge >= 0.3 is 0 Å². The number of aliphatic imine (C=N–C) groups is 1. The first-order chi connectivity index (χ1) is 8.99. The van der Waals surface area contributed by atoms with Crippen molar-refractivity contribution in [3.63, 3.8) is 0 Å². The van der Waals surface area contributed by atoms with Crippen molar-refractivity contribution in [2.45, 2.75) is 19.4 Å². The normalized spacial score (nSPS) is 14.8. The molecule has 0 aliphatic rings. The lowest BCUT2D eigenvalue weighted by atomic mass is 10.0. The zero-order valence-electron chi connectivity index (χ0n) is 11.8. The Morgan fingerprint density at radius 3 is 2.89 bits per heavy atom. The van der Waals surface area contributed by atoms with Crippen LogP contribution in [0.2, 0.25) is 0 Å². The molecule has 0 fully saturated rings. The molecule has 1 unspecified atom stereocenters. The molecule has 3 N–H and O–H groups in total. The van der Waals surface area contributed by atoms with Gasteiger partial charge in [-0.05, 0) is 13.8 Å². The fraction of sp³-hybridized carbons (Fsp3) is 0.538. The summed E-state index contributed by atoms with van der Waals surface area (Å²) in [5.74, 6) is 0.659. The van der Waals surface area contributed by atoms with Gasteiger partial charge in [0.25, 0.3) is 0 Å². The minimum Gasteiger partial charge on any atom is -0.383 e. The fourth-order valence-corrected chi connectivity index (χ4v) is 1.53. The van der Waals surface area contributed by atoms with E-state index in [1.807, 2.05) is 14.0 Å². The standard InChI is InChI=1S/C13H23N5O/c1-5-7-15-12(14-6-2)16-10-13(3,19)11-8-17-18(4)9-11/h5,8-9,19H,1,6-7,10H2,2-4H3,(H2,14,15,16). The van der Waals surface area contributed by atoms with Crippen LogP contribution in [0.3, 0.4) is 0 Å². The van der Waals surface area contributed by atoms with Crippen molar-refractivity contribution in [2.75, 3.05) is 19.6 Å². The Morgan fingerprint density at radius 2 is 2.37 bits per heavy atom. The van der Waals surface area contributed by atoms with Crippen LogP contribution in [0.1, 0.15) is 19.4 Å². The van der Waals surface area contributed by atoms with Crippen molar-refractivity contribution in [3.8, 4) is 0 Å². The summed E-state index contributed by atoms with van der Waals surface area (Å²) >= 11 is 0. The summed E-state index contributed by atoms with van der Waals surface area (Å²) in [6, 6.07) is 0. The van der Waals surface area contributed by atoms with E-state index in [1.54, 1.807) is 30.1 Å². The van der Waals surface area contributed by atoms with Crippen LogP contribution in [0.5, 0.6) is 0 Å². The van der Waals surface area contributed by atoms with Gasteiger partial charge in [-0.2, -0.15) is 5.10 Å². The van der Waals surface area contributed by atoms with E-state index in [-0.39, 0.29) is 6.54 Å². The van der Waals surface area contributed by atoms with Crippen molar-refractivity contribution < 1.29 is 5.11 Å². The lowest BCUT2D eigenvalue weighted by Gasteiger charge is -2.20. The molecule has 0 saturated heterocycles. The van der Waals surface area contributed by atoms with Crippen LogP contribution in [0, 0.1) is 0 Å². The van der Waals surface area contributed by atoms with Crippen LogP contribution in [-0.2, 0) is 12.6 Å². The molecule has 0 bridgehead atoms. The molecule has 6 nitrogen and oxygen atoms in total. The molecule has 1 atom stereocenters.